The standard InChI is InChI=1S/C21H22O2/c1-13-8-14(2)19-17(9-13)10-18(20(19)22)21(23-3)11-15-6-4-5-7-16(15)12-21/h4-9,18H,10-12H2,1-3H3. The van der Waals surface area contributed by atoms with E-state index in [2.05, 4.69) is 50.2 Å². The van der Waals surface area contributed by atoms with Crippen molar-refractivity contribution in [2.45, 2.75) is 38.7 Å². The molecule has 2 aliphatic carbocycles. The molecule has 0 radical (unpaired) electrons. The number of benzene rings is 2. The second kappa shape index (κ2) is 5.04. The average Bonchev–Trinajstić information content (AvgIpc) is 3.06. The van der Waals surface area contributed by atoms with Crippen molar-refractivity contribution >= 4 is 5.78 Å². The van der Waals surface area contributed by atoms with Crippen molar-refractivity contribution in [1.82, 2.24) is 0 Å². The molecule has 0 amide bonds. The van der Waals surface area contributed by atoms with E-state index in [0.29, 0.717) is 0 Å². The minimum atomic E-state index is -0.389. The third-order valence-corrected chi connectivity index (χ3v) is 5.69. The van der Waals surface area contributed by atoms with Crippen LogP contribution in [-0.2, 0) is 24.0 Å². The first-order chi connectivity index (χ1) is 11.0. The zero-order valence-electron chi connectivity index (χ0n) is 14.0. The van der Waals surface area contributed by atoms with Gasteiger partial charge in [0.1, 0.15) is 0 Å². The Balaban J connectivity index is 1.75. The van der Waals surface area contributed by atoms with Gasteiger partial charge in [0.05, 0.1) is 11.5 Å². The molecule has 0 saturated heterocycles. The Hall–Kier alpha value is -1.93. The molecule has 0 saturated carbocycles. The summed E-state index contributed by atoms with van der Waals surface area (Å²) in [6.07, 6.45) is 2.47. The second-order valence-electron chi connectivity index (χ2n) is 7.13. The molecular formula is C21H22O2. The Bertz CT molecular complexity index is 778. The normalized spacial score (nSPS) is 21.3. The average molecular weight is 306 g/mol. The quantitative estimate of drug-likeness (QED) is 0.842. The van der Waals surface area contributed by atoms with Gasteiger partial charge in [0, 0.05) is 25.5 Å². The van der Waals surface area contributed by atoms with Crippen LogP contribution in [0.3, 0.4) is 0 Å². The topological polar surface area (TPSA) is 26.3 Å². The lowest BCUT2D eigenvalue weighted by Crippen LogP contribution is -2.44. The molecular weight excluding hydrogens is 284 g/mol. The molecule has 1 unspecified atom stereocenters. The van der Waals surface area contributed by atoms with Crippen LogP contribution in [0, 0.1) is 19.8 Å². The molecule has 23 heavy (non-hydrogen) atoms. The van der Waals surface area contributed by atoms with E-state index in [4.69, 9.17) is 4.74 Å². The minimum Gasteiger partial charge on any atom is -0.377 e. The van der Waals surface area contributed by atoms with Gasteiger partial charge in [-0.2, -0.15) is 0 Å². The van der Waals surface area contributed by atoms with E-state index in [9.17, 15) is 4.79 Å². The fraction of sp³-hybridized carbons (Fsp3) is 0.381. The number of ketones is 1. The number of Topliss-reactive ketones (excluding diaryl/α,β-unsaturated/α-hetero) is 1. The molecule has 1 atom stereocenters. The fourth-order valence-electron chi connectivity index (χ4n) is 4.62. The number of hydrogen-bond donors (Lipinski definition) is 0. The van der Waals surface area contributed by atoms with Gasteiger partial charge in [-0.25, -0.2) is 0 Å². The number of fused-ring (bicyclic) bond motifs is 2. The number of hydrogen-bond acceptors (Lipinski definition) is 2. The first-order valence-electron chi connectivity index (χ1n) is 8.30. The van der Waals surface area contributed by atoms with E-state index >= 15 is 0 Å². The lowest BCUT2D eigenvalue weighted by Gasteiger charge is -2.33. The molecule has 2 aromatic rings. The summed E-state index contributed by atoms with van der Waals surface area (Å²) in [5.41, 5.74) is 6.74. The van der Waals surface area contributed by atoms with Crippen molar-refractivity contribution in [3.63, 3.8) is 0 Å². The maximum absolute atomic E-state index is 13.2. The molecule has 0 heterocycles. The Morgan fingerprint density at radius 1 is 1.04 bits per heavy atom. The van der Waals surface area contributed by atoms with Gasteiger partial charge in [0.25, 0.3) is 0 Å². The summed E-state index contributed by atoms with van der Waals surface area (Å²) in [6.45, 7) is 4.15. The van der Waals surface area contributed by atoms with E-state index in [0.717, 1.165) is 30.4 Å². The van der Waals surface area contributed by atoms with E-state index in [1.807, 2.05) is 0 Å². The van der Waals surface area contributed by atoms with E-state index < -0.39 is 0 Å². The molecule has 2 aliphatic rings. The minimum absolute atomic E-state index is 0.0737. The van der Waals surface area contributed by atoms with Crippen molar-refractivity contribution in [2.75, 3.05) is 7.11 Å². The molecule has 0 aliphatic heterocycles. The van der Waals surface area contributed by atoms with Crippen LogP contribution in [0.15, 0.2) is 36.4 Å². The van der Waals surface area contributed by atoms with Gasteiger partial charge in [-0.1, -0.05) is 42.0 Å². The van der Waals surface area contributed by atoms with E-state index in [-0.39, 0.29) is 17.3 Å². The zero-order chi connectivity index (χ0) is 16.2. The SMILES string of the molecule is COC1(C2Cc3cc(C)cc(C)c3C2=O)Cc2ccccc2C1. The molecule has 0 N–H and O–H groups in total. The van der Waals surface area contributed by atoms with Crippen LogP contribution < -0.4 is 0 Å². The summed E-state index contributed by atoms with van der Waals surface area (Å²) < 4.78 is 6.02. The summed E-state index contributed by atoms with van der Waals surface area (Å²) in [4.78, 5) is 13.2. The van der Waals surface area contributed by atoms with Crippen LogP contribution in [0.25, 0.3) is 0 Å². The van der Waals surface area contributed by atoms with Crippen molar-refractivity contribution in [3.05, 3.63) is 69.8 Å². The van der Waals surface area contributed by atoms with Crippen LogP contribution in [0.4, 0.5) is 0 Å². The number of carbonyl (C=O) groups is 1. The van der Waals surface area contributed by atoms with E-state index in [1.165, 1.54) is 22.3 Å². The molecule has 0 aromatic heterocycles. The summed E-state index contributed by atoms with van der Waals surface area (Å²) in [7, 11) is 1.76. The van der Waals surface area contributed by atoms with Gasteiger partial charge in [-0.15, -0.1) is 0 Å². The van der Waals surface area contributed by atoms with Crippen LogP contribution in [0.1, 0.15) is 38.2 Å². The molecule has 0 bridgehead atoms. The van der Waals surface area contributed by atoms with Crippen LogP contribution >= 0.6 is 0 Å². The number of carbonyl (C=O) groups excluding carboxylic acids is 1. The van der Waals surface area contributed by atoms with Gasteiger partial charge in [-0.05, 0) is 42.5 Å². The fourth-order valence-corrected chi connectivity index (χ4v) is 4.62. The molecule has 2 aromatic carbocycles. The van der Waals surface area contributed by atoms with E-state index in [1.54, 1.807) is 7.11 Å². The Morgan fingerprint density at radius 2 is 1.70 bits per heavy atom. The van der Waals surface area contributed by atoms with Crippen LogP contribution in [0.5, 0.6) is 0 Å². The predicted molar refractivity (Wildman–Crippen MR) is 91.0 cm³/mol. The Morgan fingerprint density at radius 3 is 2.30 bits per heavy atom. The summed E-state index contributed by atoms with van der Waals surface area (Å²) in [5, 5.41) is 0. The van der Waals surface area contributed by atoms with Gasteiger partial charge < -0.3 is 4.74 Å². The molecule has 118 valence electrons. The van der Waals surface area contributed by atoms with Gasteiger partial charge in [-0.3, -0.25) is 4.79 Å². The summed E-state index contributed by atoms with van der Waals surface area (Å²) >= 11 is 0. The monoisotopic (exact) mass is 306 g/mol. The van der Waals surface area contributed by atoms with Crippen molar-refractivity contribution in [2.24, 2.45) is 5.92 Å². The van der Waals surface area contributed by atoms with Crippen molar-refractivity contribution in [3.8, 4) is 0 Å². The molecule has 2 nitrogen and oxygen atoms in total. The summed E-state index contributed by atoms with van der Waals surface area (Å²) in [6, 6.07) is 12.8. The highest BCUT2D eigenvalue weighted by Gasteiger charge is 2.50. The zero-order valence-corrected chi connectivity index (χ0v) is 14.0. The third-order valence-electron chi connectivity index (χ3n) is 5.69. The first-order valence-corrected chi connectivity index (χ1v) is 8.30. The summed E-state index contributed by atoms with van der Waals surface area (Å²) in [5.74, 6) is 0.197. The highest BCUT2D eigenvalue weighted by atomic mass is 16.5. The van der Waals surface area contributed by atoms with Crippen LogP contribution in [0.2, 0.25) is 0 Å². The predicted octanol–water partition coefficient (Wildman–Crippen LogP) is 3.84. The molecule has 2 heteroatoms. The van der Waals surface area contributed by atoms with Crippen molar-refractivity contribution < 1.29 is 9.53 Å². The van der Waals surface area contributed by atoms with Crippen LogP contribution in [-0.4, -0.2) is 18.5 Å². The smallest absolute Gasteiger partial charge is 0.169 e. The Labute approximate surface area is 137 Å². The second-order valence-corrected chi connectivity index (χ2v) is 7.13. The molecule has 4 rings (SSSR count). The largest absolute Gasteiger partial charge is 0.377 e. The number of rotatable bonds is 2. The number of ether oxygens (including phenoxy) is 1. The van der Waals surface area contributed by atoms with Crippen molar-refractivity contribution in [1.29, 1.82) is 0 Å². The van der Waals surface area contributed by atoms with Gasteiger partial charge in [0.15, 0.2) is 5.78 Å². The first kappa shape index (κ1) is 14.6. The molecule has 0 fully saturated rings. The number of methoxy groups -OCH3 is 1. The maximum Gasteiger partial charge on any atom is 0.169 e. The van der Waals surface area contributed by atoms with Gasteiger partial charge >= 0.3 is 0 Å². The lowest BCUT2D eigenvalue weighted by molar-refractivity contribution is -0.0384. The molecule has 0 spiro atoms. The highest BCUT2D eigenvalue weighted by molar-refractivity contribution is 6.04. The highest BCUT2D eigenvalue weighted by Crippen LogP contribution is 2.44. The lowest BCUT2D eigenvalue weighted by atomic mass is 9.81. The maximum atomic E-state index is 13.2. The Kier molecular flexibility index (Phi) is 3.21. The third kappa shape index (κ3) is 2.08. The number of aryl methyl sites for hydroxylation is 2. The van der Waals surface area contributed by atoms with Gasteiger partial charge in [0.2, 0.25) is 0 Å².